The number of pyridine rings is 1. The molecule has 2 heteroatoms. The van der Waals surface area contributed by atoms with Gasteiger partial charge in [0.05, 0.1) is 16.7 Å². The van der Waals surface area contributed by atoms with Gasteiger partial charge in [0.25, 0.3) is 0 Å². The van der Waals surface area contributed by atoms with Gasteiger partial charge in [-0.1, -0.05) is 109 Å². The molecule has 180 valence electrons. The summed E-state index contributed by atoms with van der Waals surface area (Å²) in [6, 6.07) is 48.1. The average Bonchev–Trinajstić information content (AvgIpc) is 3.31. The summed E-state index contributed by atoms with van der Waals surface area (Å²) >= 11 is 0. The zero-order valence-corrected chi connectivity index (χ0v) is 21.1. The van der Waals surface area contributed by atoms with Gasteiger partial charge < -0.3 is 0 Å². The highest BCUT2D eigenvalue weighted by Crippen LogP contribution is 2.51. The molecule has 0 atom stereocenters. The largest absolute Gasteiger partial charge is 0.293 e. The van der Waals surface area contributed by atoms with Crippen molar-refractivity contribution in [3.63, 3.8) is 0 Å². The van der Waals surface area contributed by atoms with E-state index in [1.165, 1.54) is 65.6 Å². The normalized spacial score (nSPS) is 12.1. The van der Waals surface area contributed by atoms with Crippen LogP contribution in [0.4, 0.5) is 0 Å². The van der Waals surface area contributed by atoms with Crippen molar-refractivity contribution in [3.8, 4) is 39.3 Å². The van der Waals surface area contributed by atoms with Gasteiger partial charge in [-0.3, -0.25) is 4.57 Å². The van der Waals surface area contributed by atoms with Gasteiger partial charge in [0.2, 0.25) is 0 Å². The Bertz CT molecular complexity index is 2270. The van der Waals surface area contributed by atoms with Crippen molar-refractivity contribution in [3.05, 3.63) is 133 Å². The van der Waals surface area contributed by atoms with E-state index in [1.807, 2.05) is 6.07 Å². The summed E-state index contributed by atoms with van der Waals surface area (Å²) in [5, 5.41) is 7.67. The Hall–Kier alpha value is -5.21. The molecule has 8 aromatic rings. The summed E-state index contributed by atoms with van der Waals surface area (Å²) in [5.41, 5.74) is 9.64. The highest BCUT2D eigenvalue weighted by molar-refractivity contribution is 6.33. The van der Waals surface area contributed by atoms with Gasteiger partial charge in [0.1, 0.15) is 5.82 Å². The predicted molar refractivity (Wildman–Crippen MR) is 163 cm³/mol. The number of fused-ring (bicyclic) bond motifs is 5. The fourth-order valence-corrected chi connectivity index (χ4v) is 6.69. The Morgan fingerprint density at radius 3 is 2.08 bits per heavy atom. The molecule has 0 radical (unpaired) electrons. The number of aromatic nitrogens is 2. The van der Waals surface area contributed by atoms with Gasteiger partial charge in [0, 0.05) is 21.7 Å². The summed E-state index contributed by atoms with van der Waals surface area (Å²) in [5.74, 6) is 0.935. The molecular formula is C37H22N2. The first-order valence-electron chi connectivity index (χ1n) is 13.4. The lowest BCUT2D eigenvalue weighted by molar-refractivity contribution is 1.09. The summed E-state index contributed by atoms with van der Waals surface area (Å²) in [7, 11) is 0. The molecular weight excluding hydrogens is 472 g/mol. The summed E-state index contributed by atoms with van der Waals surface area (Å²) in [6.07, 6.45) is 0. The first-order chi connectivity index (χ1) is 19.4. The minimum absolute atomic E-state index is 0.935. The maximum atomic E-state index is 5.25. The zero-order valence-electron chi connectivity index (χ0n) is 21.1. The third-order valence-corrected chi connectivity index (χ3v) is 8.30. The smallest absolute Gasteiger partial charge is 0.138 e. The molecule has 0 amide bonds. The van der Waals surface area contributed by atoms with Crippen LogP contribution in [0.15, 0.2) is 133 Å². The van der Waals surface area contributed by atoms with Crippen LogP contribution >= 0.6 is 0 Å². The van der Waals surface area contributed by atoms with E-state index in [2.05, 4.69) is 132 Å². The van der Waals surface area contributed by atoms with Gasteiger partial charge in [-0.15, -0.1) is 0 Å². The van der Waals surface area contributed by atoms with Crippen LogP contribution in [0.1, 0.15) is 0 Å². The number of benzene rings is 6. The fourth-order valence-electron chi connectivity index (χ4n) is 6.69. The van der Waals surface area contributed by atoms with Crippen molar-refractivity contribution in [2.75, 3.05) is 0 Å². The van der Waals surface area contributed by atoms with Gasteiger partial charge in [-0.25, -0.2) is 4.98 Å². The fraction of sp³-hybridized carbons (Fsp3) is 0. The minimum atomic E-state index is 0.935. The molecule has 2 aromatic heterocycles. The molecule has 0 N–H and O–H groups in total. The van der Waals surface area contributed by atoms with Gasteiger partial charge >= 0.3 is 0 Å². The SMILES string of the molecule is c1ccc(-c2cccc(-n3c4ccc5cccc6c5c4c4c(cc5ccccc5c43)-c3ccccc3-6)n2)cc1. The van der Waals surface area contributed by atoms with Gasteiger partial charge in [-0.2, -0.15) is 0 Å². The van der Waals surface area contributed by atoms with E-state index in [-0.39, 0.29) is 0 Å². The van der Waals surface area contributed by atoms with Crippen molar-refractivity contribution in [2.45, 2.75) is 0 Å². The second kappa shape index (κ2) is 7.66. The molecule has 0 spiro atoms. The molecule has 2 heterocycles. The van der Waals surface area contributed by atoms with E-state index >= 15 is 0 Å². The van der Waals surface area contributed by atoms with Crippen molar-refractivity contribution < 1.29 is 0 Å². The predicted octanol–water partition coefficient (Wildman–Crippen LogP) is 9.80. The number of rotatable bonds is 2. The number of nitrogens with zero attached hydrogens (tertiary/aromatic N) is 2. The molecule has 6 aromatic carbocycles. The maximum Gasteiger partial charge on any atom is 0.138 e. The molecule has 2 nitrogen and oxygen atoms in total. The van der Waals surface area contributed by atoms with Crippen molar-refractivity contribution >= 4 is 43.4 Å². The van der Waals surface area contributed by atoms with E-state index < -0.39 is 0 Å². The van der Waals surface area contributed by atoms with Crippen LogP contribution < -0.4 is 0 Å². The molecule has 9 rings (SSSR count). The van der Waals surface area contributed by atoms with E-state index in [0.717, 1.165) is 17.1 Å². The number of hydrogen-bond acceptors (Lipinski definition) is 1. The van der Waals surface area contributed by atoms with Crippen LogP contribution in [-0.2, 0) is 0 Å². The summed E-state index contributed by atoms with van der Waals surface area (Å²) < 4.78 is 2.40. The molecule has 0 fully saturated rings. The molecule has 39 heavy (non-hydrogen) atoms. The Balaban J connectivity index is 1.54. The van der Waals surface area contributed by atoms with Crippen LogP contribution in [0.3, 0.4) is 0 Å². The Morgan fingerprint density at radius 2 is 1.18 bits per heavy atom. The lowest BCUT2D eigenvalue weighted by atomic mass is 9.92. The average molecular weight is 495 g/mol. The molecule has 0 aliphatic heterocycles. The molecule has 0 bridgehead atoms. The molecule has 1 aliphatic rings. The number of hydrogen-bond donors (Lipinski definition) is 0. The standard InChI is InChI=1S/C37H22N2/c1-2-10-23(11-3-1)31-18-9-19-33(38-31)39-32-21-20-24-13-8-17-29-27-15-6-7-16-28(27)30-22-25-12-4-5-14-26(25)37(39)35(30)36(32)34(24)29/h1-22H. The molecule has 0 saturated heterocycles. The van der Waals surface area contributed by atoms with Crippen LogP contribution in [-0.4, -0.2) is 9.55 Å². The summed E-state index contributed by atoms with van der Waals surface area (Å²) in [6.45, 7) is 0. The first-order valence-corrected chi connectivity index (χ1v) is 13.4. The third-order valence-electron chi connectivity index (χ3n) is 8.30. The Labute approximate surface area is 225 Å². The van der Waals surface area contributed by atoms with Gasteiger partial charge in [-0.05, 0) is 62.7 Å². The highest BCUT2D eigenvalue weighted by Gasteiger charge is 2.26. The second-order valence-electron chi connectivity index (χ2n) is 10.4. The van der Waals surface area contributed by atoms with E-state index in [4.69, 9.17) is 4.98 Å². The van der Waals surface area contributed by atoms with E-state index in [1.54, 1.807) is 0 Å². The van der Waals surface area contributed by atoms with Crippen LogP contribution in [0, 0.1) is 0 Å². The lowest BCUT2D eigenvalue weighted by Crippen LogP contribution is -1.99. The van der Waals surface area contributed by atoms with Crippen LogP contribution in [0.25, 0.3) is 82.7 Å². The highest BCUT2D eigenvalue weighted by atomic mass is 15.1. The Kier molecular flexibility index (Phi) is 4.08. The van der Waals surface area contributed by atoms with Crippen molar-refractivity contribution in [2.24, 2.45) is 0 Å². The summed E-state index contributed by atoms with van der Waals surface area (Å²) in [4.78, 5) is 5.25. The van der Waals surface area contributed by atoms with Crippen LogP contribution in [0.2, 0.25) is 0 Å². The third kappa shape index (κ3) is 2.78. The first kappa shape index (κ1) is 20.8. The topological polar surface area (TPSA) is 17.8 Å². The van der Waals surface area contributed by atoms with Crippen LogP contribution in [0.5, 0.6) is 0 Å². The maximum absolute atomic E-state index is 5.25. The Morgan fingerprint density at radius 1 is 0.462 bits per heavy atom. The minimum Gasteiger partial charge on any atom is -0.293 e. The van der Waals surface area contributed by atoms with Gasteiger partial charge in [0.15, 0.2) is 0 Å². The van der Waals surface area contributed by atoms with E-state index in [9.17, 15) is 0 Å². The molecule has 1 aliphatic carbocycles. The van der Waals surface area contributed by atoms with E-state index in [0.29, 0.717) is 0 Å². The zero-order chi connectivity index (χ0) is 25.5. The lowest BCUT2D eigenvalue weighted by Gasteiger charge is -2.15. The monoisotopic (exact) mass is 494 g/mol. The quantitative estimate of drug-likeness (QED) is 0.234. The molecule has 0 unspecified atom stereocenters. The van der Waals surface area contributed by atoms with Crippen molar-refractivity contribution in [1.82, 2.24) is 9.55 Å². The molecule has 0 saturated carbocycles. The van der Waals surface area contributed by atoms with Crippen molar-refractivity contribution in [1.29, 1.82) is 0 Å². The second-order valence-corrected chi connectivity index (χ2v) is 10.4.